The molecule has 1 N–H and O–H groups in total. The molecule has 3 aliphatic rings. The molecule has 1 amide bonds. The van der Waals surface area contributed by atoms with E-state index in [1.54, 1.807) is 6.20 Å². The minimum absolute atomic E-state index is 0.00809. The standard InChI is InChI=1S/C14H21N5O2/c20-14(11-9-19(17-16-11)10-7-15-8-10)18-5-6-21-13-4-2-1-3-12(13)18/h9-10,12-13,15H,1-8H2. The van der Waals surface area contributed by atoms with Crippen molar-refractivity contribution in [3.05, 3.63) is 11.9 Å². The maximum absolute atomic E-state index is 12.7. The average molecular weight is 291 g/mol. The summed E-state index contributed by atoms with van der Waals surface area (Å²) in [4.78, 5) is 14.7. The van der Waals surface area contributed by atoms with Gasteiger partial charge in [-0.1, -0.05) is 18.1 Å². The Balaban J connectivity index is 1.51. The number of hydrogen-bond acceptors (Lipinski definition) is 5. The number of amides is 1. The van der Waals surface area contributed by atoms with Crippen LogP contribution in [0.2, 0.25) is 0 Å². The Morgan fingerprint density at radius 3 is 3.00 bits per heavy atom. The quantitative estimate of drug-likeness (QED) is 0.843. The number of carbonyl (C=O) groups is 1. The highest BCUT2D eigenvalue weighted by Gasteiger charge is 2.37. The van der Waals surface area contributed by atoms with Crippen LogP contribution in [0.15, 0.2) is 6.20 Å². The van der Waals surface area contributed by atoms with Gasteiger partial charge < -0.3 is 15.0 Å². The second-order valence-electron chi connectivity index (χ2n) is 6.16. The van der Waals surface area contributed by atoms with Crippen LogP contribution in [0.5, 0.6) is 0 Å². The smallest absolute Gasteiger partial charge is 0.276 e. The predicted molar refractivity (Wildman–Crippen MR) is 75.0 cm³/mol. The molecule has 0 bridgehead atoms. The van der Waals surface area contributed by atoms with Gasteiger partial charge in [0.25, 0.3) is 5.91 Å². The van der Waals surface area contributed by atoms with Crippen LogP contribution in [0.3, 0.4) is 0 Å². The molecule has 0 aromatic carbocycles. The summed E-state index contributed by atoms with van der Waals surface area (Å²) in [5.74, 6) is 0.00809. The van der Waals surface area contributed by atoms with Gasteiger partial charge >= 0.3 is 0 Å². The second kappa shape index (κ2) is 5.38. The first-order valence-electron chi connectivity index (χ1n) is 7.88. The van der Waals surface area contributed by atoms with E-state index < -0.39 is 0 Å². The zero-order valence-corrected chi connectivity index (χ0v) is 12.1. The molecule has 2 aliphatic heterocycles. The number of carbonyl (C=O) groups excluding carboxylic acids is 1. The molecule has 7 heteroatoms. The Morgan fingerprint density at radius 1 is 1.33 bits per heavy atom. The summed E-state index contributed by atoms with van der Waals surface area (Å²) in [6, 6.07) is 0.557. The van der Waals surface area contributed by atoms with Crippen molar-refractivity contribution in [2.75, 3.05) is 26.2 Å². The first kappa shape index (κ1) is 13.2. The molecule has 1 aliphatic carbocycles. The molecule has 3 fully saturated rings. The number of hydrogen-bond donors (Lipinski definition) is 1. The van der Waals surface area contributed by atoms with Gasteiger partial charge in [-0.15, -0.1) is 5.10 Å². The number of aromatic nitrogens is 3. The zero-order chi connectivity index (χ0) is 14.2. The molecule has 3 heterocycles. The van der Waals surface area contributed by atoms with E-state index in [1.165, 1.54) is 12.8 Å². The third-order valence-corrected chi connectivity index (χ3v) is 4.86. The SMILES string of the molecule is O=C(c1cn(C2CNC2)nn1)N1CCOC2CCCCC21. The lowest BCUT2D eigenvalue weighted by molar-refractivity contribution is -0.0754. The van der Waals surface area contributed by atoms with Crippen molar-refractivity contribution < 1.29 is 9.53 Å². The van der Waals surface area contributed by atoms with Gasteiger partial charge in [0.2, 0.25) is 0 Å². The Morgan fingerprint density at radius 2 is 2.19 bits per heavy atom. The molecule has 1 aromatic heterocycles. The van der Waals surface area contributed by atoms with Crippen LogP contribution in [-0.2, 0) is 4.74 Å². The predicted octanol–water partition coefficient (Wildman–Crippen LogP) is 0.206. The Kier molecular flexibility index (Phi) is 3.39. The van der Waals surface area contributed by atoms with Crippen molar-refractivity contribution in [2.45, 2.75) is 43.9 Å². The number of morpholine rings is 1. The Labute approximate surface area is 123 Å². The topological polar surface area (TPSA) is 72.3 Å². The number of rotatable bonds is 2. The maximum atomic E-state index is 12.7. The molecule has 2 unspecified atom stereocenters. The van der Waals surface area contributed by atoms with Gasteiger partial charge in [0.15, 0.2) is 5.69 Å². The van der Waals surface area contributed by atoms with Crippen molar-refractivity contribution in [3.8, 4) is 0 Å². The Hall–Kier alpha value is -1.47. The van der Waals surface area contributed by atoms with Crippen LogP contribution >= 0.6 is 0 Å². The summed E-state index contributed by atoms with van der Waals surface area (Å²) < 4.78 is 7.63. The molecule has 1 aromatic rings. The minimum Gasteiger partial charge on any atom is -0.374 e. The first-order valence-corrected chi connectivity index (χ1v) is 7.88. The number of nitrogens with one attached hydrogen (secondary N) is 1. The fraction of sp³-hybridized carbons (Fsp3) is 0.786. The summed E-state index contributed by atoms with van der Waals surface area (Å²) in [6.45, 7) is 3.10. The van der Waals surface area contributed by atoms with Crippen LogP contribution in [0, 0.1) is 0 Å². The van der Waals surface area contributed by atoms with E-state index >= 15 is 0 Å². The molecule has 1 saturated carbocycles. The summed E-state index contributed by atoms with van der Waals surface area (Å²) in [6.07, 6.45) is 6.48. The van der Waals surface area contributed by atoms with Crippen molar-refractivity contribution in [1.82, 2.24) is 25.2 Å². The van der Waals surface area contributed by atoms with Gasteiger partial charge in [-0.2, -0.15) is 0 Å². The lowest BCUT2D eigenvalue weighted by Gasteiger charge is -2.43. The van der Waals surface area contributed by atoms with Crippen molar-refractivity contribution in [2.24, 2.45) is 0 Å². The highest BCUT2D eigenvalue weighted by atomic mass is 16.5. The van der Waals surface area contributed by atoms with Crippen LogP contribution < -0.4 is 5.32 Å². The summed E-state index contributed by atoms with van der Waals surface area (Å²) in [5.41, 5.74) is 0.466. The van der Waals surface area contributed by atoms with Crippen LogP contribution in [0.25, 0.3) is 0 Å². The zero-order valence-electron chi connectivity index (χ0n) is 12.1. The molecule has 7 nitrogen and oxygen atoms in total. The van der Waals surface area contributed by atoms with E-state index in [0.29, 0.717) is 24.9 Å². The number of ether oxygens (including phenoxy) is 1. The molecular formula is C14H21N5O2. The maximum Gasteiger partial charge on any atom is 0.276 e. The molecule has 0 spiro atoms. The minimum atomic E-state index is 0.00809. The van der Waals surface area contributed by atoms with Crippen molar-refractivity contribution in [1.29, 1.82) is 0 Å². The molecule has 21 heavy (non-hydrogen) atoms. The number of nitrogens with zero attached hydrogens (tertiary/aromatic N) is 4. The van der Waals surface area contributed by atoms with Crippen molar-refractivity contribution >= 4 is 5.91 Å². The summed E-state index contributed by atoms with van der Waals surface area (Å²) in [7, 11) is 0. The van der Waals surface area contributed by atoms with Crippen LogP contribution in [0.4, 0.5) is 0 Å². The monoisotopic (exact) mass is 291 g/mol. The third-order valence-electron chi connectivity index (χ3n) is 4.86. The molecule has 0 radical (unpaired) electrons. The van der Waals surface area contributed by atoms with Crippen molar-refractivity contribution in [3.63, 3.8) is 0 Å². The number of fused-ring (bicyclic) bond motifs is 1. The van der Waals surface area contributed by atoms with Gasteiger partial charge in [-0.25, -0.2) is 4.68 Å². The largest absolute Gasteiger partial charge is 0.374 e. The molecule has 114 valence electrons. The highest BCUT2D eigenvalue weighted by Crippen LogP contribution is 2.29. The lowest BCUT2D eigenvalue weighted by Crippen LogP contribution is -2.54. The second-order valence-corrected chi connectivity index (χ2v) is 6.16. The summed E-state index contributed by atoms with van der Waals surface area (Å²) >= 11 is 0. The molecule has 4 rings (SSSR count). The van der Waals surface area contributed by atoms with Gasteiger partial charge in [0, 0.05) is 19.6 Å². The normalized spacial score (nSPS) is 29.8. The van der Waals surface area contributed by atoms with Gasteiger partial charge in [0.05, 0.1) is 31.0 Å². The first-order chi connectivity index (χ1) is 10.3. The highest BCUT2D eigenvalue weighted by molar-refractivity contribution is 5.92. The van der Waals surface area contributed by atoms with E-state index in [1.807, 2.05) is 9.58 Å². The molecule has 2 atom stereocenters. The van der Waals surface area contributed by atoms with Crippen LogP contribution in [-0.4, -0.2) is 64.2 Å². The van der Waals surface area contributed by atoms with Gasteiger partial charge in [0.1, 0.15) is 0 Å². The van der Waals surface area contributed by atoms with E-state index in [9.17, 15) is 4.79 Å². The van der Waals surface area contributed by atoms with E-state index in [0.717, 1.165) is 25.9 Å². The van der Waals surface area contributed by atoms with Gasteiger partial charge in [-0.05, 0) is 12.8 Å². The summed E-state index contributed by atoms with van der Waals surface area (Å²) in [5, 5.41) is 11.4. The third kappa shape index (κ3) is 2.34. The lowest BCUT2D eigenvalue weighted by atomic mass is 9.90. The average Bonchev–Trinajstić information content (AvgIpc) is 2.93. The fourth-order valence-corrected chi connectivity index (χ4v) is 3.51. The Bertz CT molecular complexity index is 525. The van der Waals surface area contributed by atoms with Gasteiger partial charge in [-0.3, -0.25) is 4.79 Å². The van der Waals surface area contributed by atoms with E-state index in [-0.39, 0.29) is 18.1 Å². The molecule has 2 saturated heterocycles. The van der Waals surface area contributed by atoms with E-state index in [4.69, 9.17) is 4.74 Å². The van der Waals surface area contributed by atoms with E-state index in [2.05, 4.69) is 15.6 Å². The molecular weight excluding hydrogens is 270 g/mol. The van der Waals surface area contributed by atoms with Crippen LogP contribution in [0.1, 0.15) is 42.2 Å². The fourth-order valence-electron chi connectivity index (χ4n) is 3.51.